The number of aliphatic imine (C=N–C) groups is 1. The molecule has 0 aliphatic carbocycles. The van der Waals surface area contributed by atoms with Crippen LogP contribution in [0.25, 0.3) is 0 Å². The van der Waals surface area contributed by atoms with Gasteiger partial charge in [0.05, 0.1) is 6.20 Å². The van der Waals surface area contributed by atoms with E-state index in [2.05, 4.69) is 10.3 Å². The number of hydrogen-bond acceptors (Lipinski definition) is 4. The number of primary amides is 2. The third-order valence-corrected chi connectivity index (χ3v) is 1.32. The maximum atomic E-state index is 10.6. The van der Waals surface area contributed by atoms with Gasteiger partial charge in [0, 0.05) is 6.21 Å². The molecular weight excluding hydrogens is 160 g/mol. The van der Waals surface area contributed by atoms with Crippen LogP contribution in [0.3, 0.4) is 0 Å². The van der Waals surface area contributed by atoms with Crippen molar-refractivity contribution >= 4 is 18.0 Å². The van der Waals surface area contributed by atoms with Crippen LogP contribution in [0.15, 0.2) is 16.9 Å². The zero-order valence-electron chi connectivity index (χ0n) is 6.15. The van der Waals surface area contributed by atoms with Crippen LogP contribution in [-0.4, -0.2) is 24.1 Å². The molecule has 5 N–H and O–H groups in total. The molecule has 1 heterocycles. The molecule has 12 heavy (non-hydrogen) atoms. The van der Waals surface area contributed by atoms with Gasteiger partial charge in [0.1, 0.15) is 11.7 Å². The summed E-state index contributed by atoms with van der Waals surface area (Å²) in [7, 11) is 0. The monoisotopic (exact) mass is 168 g/mol. The summed E-state index contributed by atoms with van der Waals surface area (Å²) in [6, 6.07) is -0.752. The molecule has 1 rings (SSSR count). The Morgan fingerprint density at radius 3 is 2.67 bits per heavy atom. The van der Waals surface area contributed by atoms with Gasteiger partial charge in [-0.05, 0) is 0 Å². The van der Waals surface area contributed by atoms with Crippen molar-refractivity contribution in [2.24, 2.45) is 16.5 Å². The molecule has 2 amide bonds. The molecule has 0 spiro atoms. The van der Waals surface area contributed by atoms with Gasteiger partial charge in [0.15, 0.2) is 0 Å². The molecule has 0 saturated carbocycles. The van der Waals surface area contributed by atoms with E-state index in [-0.39, 0.29) is 5.70 Å². The van der Waals surface area contributed by atoms with E-state index in [1.165, 1.54) is 12.4 Å². The average molecular weight is 168 g/mol. The topological polar surface area (TPSA) is 111 Å². The smallest absolute Gasteiger partial charge is 0.266 e. The van der Waals surface area contributed by atoms with Crippen LogP contribution >= 0.6 is 0 Å². The maximum Gasteiger partial charge on any atom is 0.266 e. The average Bonchev–Trinajstić information content (AvgIpc) is 2.04. The van der Waals surface area contributed by atoms with Crippen molar-refractivity contribution in [3.8, 4) is 0 Å². The molecule has 0 aromatic rings. The highest BCUT2D eigenvalue weighted by Crippen LogP contribution is 1.96. The van der Waals surface area contributed by atoms with Crippen LogP contribution in [0.1, 0.15) is 0 Å². The Labute approximate surface area is 68.3 Å². The van der Waals surface area contributed by atoms with Crippen molar-refractivity contribution in [1.82, 2.24) is 5.32 Å². The van der Waals surface area contributed by atoms with E-state index >= 15 is 0 Å². The molecule has 1 unspecified atom stereocenters. The molecule has 0 aromatic carbocycles. The van der Waals surface area contributed by atoms with Crippen molar-refractivity contribution < 1.29 is 9.59 Å². The fourth-order valence-electron chi connectivity index (χ4n) is 0.725. The van der Waals surface area contributed by atoms with Gasteiger partial charge >= 0.3 is 0 Å². The summed E-state index contributed by atoms with van der Waals surface area (Å²) < 4.78 is 0. The first-order valence-electron chi connectivity index (χ1n) is 3.20. The third-order valence-electron chi connectivity index (χ3n) is 1.32. The molecule has 0 aromatic heterocycles. The molecule has 1 aliphatic rings. The van der Waals surface area contributed by atoms with Crippen LogP contribution in [0, 0.1) is 0 Å². The largest absolute Gasteiger partial charge is 0.368 e. The molecule has 1 aliphatic heterocycles. The number of rotatable bonds is 2. The second kappa shape index (κ2) is 3.04. The summed E-state index contributed by atoms with van der Waals surface area (Å²) in [5.41, 5.74) is 9.98. The maximum absolute atomic E-state index is 10.6. The first-order valence-corrected chi connectivity index (χ1v) is 3.20. The van der Waals surface area contributed by atoms with Crippen molar-refractivity contribution in [2.75, 3.05) is 0 Å². The van der Waals surface area contributed by atoms with Crippen molar-refractivity contribution in [1.29, 1.82) is 0 Å². The van der Waals surface area contributed by atoms with Gasteiger partial charge < -0.3 is 16.8 Å². The minimum atomic E-state index is -0.752. The lowest BCUT2D eigenvalue weighted by atomic mass is 10.2. The fourth-order valence-corrected chi connectivity index (χ4v) is 0.725. The number of nitrogens with zero attached hydrogens (tertiary/aromatic N) is 1. The van der Waals surface area contributed by atoms with Crippen LogP contribution < -0.4 is 16.8 Å². The van der Waals surface area contributed by atoms with E-state index in [1.54, 1.807) is 0 Å². The van der Waals surface area contributed by atoms with Crippen LogP contribution in [-0.2, 0) is 9.59 Å². The van der Waals surface area contributed by atoms with Crippen LogP contribution in [0.5, 0.6) is 0 Å². The standard InChI is InChI=1S/C6H8N4O2/c7-5(11)3-1-9-2-4(10-3)6(8)12/h1-3,10H,(H2,7,11)(H2,8,12). The first kappa shape index (κ1) is 8.25. The van der Waals surface area contributed by atoms with Gasteiger partial charge in [-0.15, -0.1) is 0 Å². The van der Waals surface area contributed by atoms with E-state index in [0.29, 0.717) is 0 Å². The molecule has 0 bridgehead atoms. The molecule has 0 saturated heterocycles. The van der Waals surface area contributed by atoms with Gasteiger partial charge in [-0.1, -0.05) is 0 Å². The van der Waals surface area contributed by atoms with Gasteiger partial charge in [-0.25, -0.2) is 0 Å². The second-order valence-electron chi connectivity index (χ2n) is 2.23. The summed E-state index contributed by atoms with van der Waals surface area (Å²) in [5.74, 6) is -1.27. The molecule has 64 valence electrons. The Kier molecular flexibility index (Phi) is 2.09. The van der Waals surface area contributed by atoms with Crippen LogP contribution in [0.4, 0.5) is 0 Å². The highest BCUT2D eigenvalue weighted by atomic mass is 16.2. The van der Waals surface area contributed by atoms with E-state index < -0.39 is 17.9 Å². The van der Waals surface area contributed by atoms with Crippen molar-refractivity contribution in [2.45, 2.75) is 6.04 Å². The number of amides is 2. The predicted octanol–water partition coefficient (Wildman–Crippen LogP) is -2.16. The second-order valence-corrected chi connectivity index (χ2v) is 2.23. The zero-order chi connectivity index (χ0) is 9.14. The summed E-state index contributed by atoms with van der Waals surface area (Å²) >= 11 is 0. The van der Waals surface area contributed by atoms with Gasteiger partial charge in [0.25, 0.3) is 5.91 Å². The van der Waals surface area contributed by atoms with E-state index in [9.17, 15) is 9.59 Å². The first-order chi connectivity index (χ1) is 5.61. The Morgan fingerprint density at radius 1 is 1.50 bits per heavy atom. The minimum Gasteiger partial charge on any atom is -0.368 e. The molecule has 0 radical (unpaired) electrons. The highest BCUT2D eigenvalue weighted by molar-refractivity contribution is 6.01. The van der Waals surface area contributed by atoms with E-state index in [0.717, 1.165) is 0 Å². The lowest BCUT2D eigenvalue weighted by Gasteiger charge is -2.15. The molecule has 6 nitrogen and oxygen atoms in total. The summed E-state index contributed by atoms with van der Waals surface area (Å²) in [6.45, 7) is 0. The lowest BCUT2D eigenvalue weighted by Crippen LogP contribution is -2.45. The number of carbonyl (C=O) groups excluding carboxylic acids is 2. The van der Waals surface area contributed by atoms with Crippen molar-refractivity contribution in [3.05, 3.63) is 11.9 Å². The van der Waals surface area contributed by atoms with E-state index in [4.69, 9.17) is 11.5 Å². The van der Waals surface area contributed by atoms with Gasteiger partial charge in [-0.2, -0.15) is 0 Å². The molecule has 0 fully saturated rings. The SMILES string of the molecule is NC(=O)C1=CN=CC(C(N)=O)N1. The number of hydrogen-bond donors (Lipinski definition) is 3. The number of nitrogens with one attached hydrogen (secondary N) is 1. The molecule has 1 atom stereocenters. The van der Waals surface area contributed by atoms with Crippen molar-refractivity contribution in [3.63, 3.8) is 0 Å². The summed E-state index contributed by atoms with van der Waals surface area (Å²) in [5, 5.41) is 2.52. The summed E-state index contributed by atoms with van der Waals surface area (Å²) in [6.07, 6.45) is 2.54. The summed E-state index contributed by atoms with van der Waals surface area (Å²) in [4.78, 5) is 24.8. The van der Waals surface area contributed by atoms with E-state index in [1.807, 2.05) is 0 Å². The number of nitrogens with two attached hydrogens (primary N) is 2. The van der Waals surface area contributed by atoms with Gasteiger partial charge in [-0.3, -0.25) is 14.6 Å². The highest BCUT2D eigenvalue weighted by Gasteiger charge is 2.18. The quantitative estimate of drug-likeness (QED) is 0.436. The van der Waals surface area contributed by atoms with Crippen LogP contribution in [0.2, 0.25) is 0 Å². The normalized spacial score (nSPS) is 21.0. The Balaban J connectivity index is 2.74. The Bertz CT molecular complexity index is 281. The van der Waals surface area contributed by atoms with Gasteiger partial charge in [0.2, 0.25) is 5.91 Å². The molecular formula is C6H8N4O2. The molecule has 6 heteroatoms. The minimum absolute atomic E-state index is 0.0845. The zero-order valence-corrected chi connectivity index (χ0v) is 6.15. The predicted molar refractivity (Wildman–Crippen MR) is 41.9 cm³/mol. The Morgan fingerprint density at radius 2 is 2.17 bits per heavy atom. The lowest BCUT2D eigenvalue weighted by molar-refractivity contribution is -0.118. The Hall–Kier alpha value is -1.85. The number of carbonyl (C=O) groups is 2. The third kappa shape index (κ3) is 1.60. The fraction of sp³-hybridized carbons (Fsp3) is 0.167.